The molecular formula is C9H20N2O. The minimum absolute atomic E-state index is 0.261. The van der Waals surface area contributed by atoms with E-state index in [2.05, 4.69) is 11.9 Å². The number of hydrogen-bond acceptors (Lipinski definition) is 3. The molecule has 0 amide bonds. The lowest BCUT2D eigenvalue weighted by molar-refractivity contribution is 0.0801. The third-order valence-corrected chi connectivity index (χ3v) is 2.14. The van der Waals surface area contributed by atoms with Crippen molar-refractivity contribution in [3.63, 3.8) is 0 Å². The summed E-state index contributed by atoms with van der Waals surface area (Å²) in [5.74, 6) is 0. The molecule has 1 unspecified atom stereocenters. The molecule has 3 heteroatoms. The van der Waals surface area contributed by atoms with Gasteiger partial charge >= 0.3 is 0 Å². The summed E-state index contributed by atoms with van der Waals surface area (Å²) in [6.45, 7) is 4.96. The summed E-state index contributed by atoms with van der Waals surface area (Å²) in [5.41, 5.74) is 5.69. The third kappa shape index (κ3) is 3.52. The van der Waals surface area contributed by atoms with E-state index in [1.165, 1.54) is 12.8 Å². The molecule has 0 radical (unpaired) electrons. The van der Waals surface area contributed by atoms with E-state index in [9.17, 15) is 0 Å². The van der Waals surface area contributed by atoms with Crippen LogP contribution in [0.1, 0.15) is 19.8 Å². The first kappa shape index (κ1) is 9.96. The largest absolute Gasteiger partial charge is 0.377 e. The molecule has 0 spiro atoms. The highest BCUT2D eigenvalue weighted by Crippen LogP contribution is 2.12. The Balaban J connectivity index is 2.11. The smallest absolute Gasteiger partial charge is 0.0702 e. The molecule has 2 N–H and O–H groups in total. The van der Waals surface area contributed by atoms with Crippen LogP contribution in [0.5, 0.6) is 0 Å². The molecule has 2 atom stereocenters. The molecule has 0 aromatic rings. The van der Waals surface area contributed by atoms with Crippen LogP contribution in [-0.2, 0) is 4.74 Å². The average molecular weight is 172 g/mol. The highest BCUT2D eigenvalue weighted by molar-refractivity contribution is 4.70. The molecule has 1 saturated heterocycles. The predicted octanol–water partition coefficient (Wildman–Crippen LogP) is 0.444. The van der Waals surface area contributed by atoms with Gasteiger partial charge in [0.05, 0.1) is 6.10 Å². The Morgan fingerprint density at radius 1 is 1.67 bits per heavy atom. The Morgan fingerprint density at radius 3 is 2.92 bits per heavy atom. The zero-order valence-corrected chi connectivity index (χ0v) is 8.12. The second-order valence-corrected chi connectivity index (χ2v) is 3.83. The number of nitrogens with two attached hydrogens (primary N) is 1. The van der Waals surface area contributed by atoms with Gasteiger partial charge in [0.2, 0.25) is 0 Å². The minimum atomic E-state index is 0.261. The maximum Gasteiger partial charge on any atom is 0.0702 e. The Labute approximate surface area is 74.9 Å². The topological polar surface area (TPSA) is 38.5 Å². The standard InChI is InChI=1S/C9H20N2O/c1-8(10)6-11(2)7-9-4-3-5-12-9/h8-9H,3-7,10H2,1-2H3/t8-,9?/m0/s1. The van der Waals surface area contributed by atoms with Gasteiger partial charge in [0.1, 0.15) is 0 Å². The lowest BCUT2D eigenvalue weighted by atomic mass is 10.2. The fourth-order valence-electron chi connectivity index (χ4n) is 1.70. The van der Waals surface area contributed by atoms with Gasteiger partial charge in [-0.2, -0.15) is 0 Å². The maximum atomic E-state index is 5.69. The molecule has 12 heavy (non-hydrogen) atoms. The predicted molar refractivity (Wildman–Crippen MR) is 50.1 cm³/mol. The van der Waals surface area contributed by atoms with E-state index >= 15 is 0 Å². The van der Waals surface area contributed by atoms with E-state index in [4.69, 9.17) is 10.5 Å². The van der Waals surface area contributed by atoms with Gasteiger partial charge in [-0.1, -0.05) is 0 Å². The third-order valence-electron chi connectivity index (χ3n) is 2.14. The first-order valence-electron chi connectivity index (χ1n) is 4.74. The van der Waals surface area contributed by atoms with Crippen LogP contribution in [0.15, 0.2) is 0 Å². The Hall–Kier alpha value is -0.120. The number of rotatable bonds is 4. The molecule has 0 bridgehead atoms. The molecule has 1 aliphatic rings. The summed E-state index contributed by atoms with van der Waals surface area (Å²) in [4.78, 5) is 2.25. The maximum absolute atomic E-state index is 5.69. The molecule has 0 aliphatic carbocycles. The molecule has 1 rings (SSSR count). The van der Waals surface area contributed by atoms with Gasteiger partial charge < -0.3 is 15.4 Å². The van der Waals surface area contributed by atoms with E-state index in [0.29, 0.717) is 6.10 Å². The molecule has 1 fully saturated rings. The van der Waals surface area contributed by atoms with Crippen molar-refractivity contribution in [2.45, 2.75) is 31.9 Å². The lowest BCUT2D eigenvalue weighted by Crippen LogP contribution is -2.37. The van der Waals surface area contributed by atoms with Gasteiger partial charge in [-0.3, -0.25) is 0 Å². The van der Waals surface area contributed by atoms with Crippen molar-refractivity contribution >= 4 is 0 Å². The Morgan fingerprint density at radius 2 is 2.42 bits per heavy atom. The number of hydrogen-bond donors (Lipinski definition) is 1. The monoisotopic (exact) mass is 172 g/mol. The van der Waals surface area contributed by atoms with Crippen LogP contribution < -0.4 is 5.73 Å². The summed E-state index contributed by atoms with van der Waals surface area (Å²) in [6, 6.07) is 0.261. The van der Waals surface area contributed by atoms with Crippen LogP contribution >= 0.6 is 0 Å². The van der Waals surface area contributed by atoms with Crippen molar-refractivity contribution in [2.75, 3.05) is 26.7 Å². The minimum Gasteiger partial charge on any atom is -0.377 e. The normalized spacial score (nSPS) is 26.5. The number of ether oxygens (including phenoxy) is 1. The summed E-state index contributed by atoms with van der Waals surface area (Å²) < 4.78 is 5.52. The quantitative estimate of drug-likeness (QED) is 0.669. The summed E-state index contributed by atoms with van der Waals surface area (Å²) in [6.07, 6.45) is 2.88. The first-order chi connectivity index (χ1) is 5.68. The fourth-order valence-corrected chi connectivity index (χ4v) is 1.70. The van der Waals surface area contributed by atoms with Crippen molar-refractivity contribution in [1.29, 1.82) is 0 Å². The Kier molecular flexibility index (Phi) is 3.98. The fraction of sp³-hybridized carbons (Fsp3) is 1.00. The molecular weight excluding hydrogens is 152 g/mol. The van der Waals surface area contributed by atoms with Gasteiger partial charge in [-0.05, 0) is 26.8 Å². The van der Waals surface area contributed by atoms with Gasteiger partial charge in [-0.15, -0.1) is 0 Å². The van der Waals surface area contributed by atoms with Crippen LogP contribution in [-0.4, -0.2) is 43.8 Å². The van der Waals surface area contributed by atoms with E-state index in [1.807, 2.05) is 6.92 Å². The number of likely N-dealkylation sites (N-methyl/N-ethyl adjacent to an activating group) is 1. The highest BCUT2D eigenvalue weighted by atomic mass is 16.5. The van der Waals surface area contributed by atoms with E-state index in [0.717, 1.165) is 19.7 Å². The molecule has 72 valence electrons. The SMILES string of the molecule is C[C@H](N)CN(C)CC1CCCO1. The van der Waals surface area contributed by atoms with Gasteiger partial charge in [0.15, 0.2) is 0 Å². The Bertz CT molecular complexity index is 122. The van der Waals surface area contributed by atoms with Crippen molar-refractivity contribution in [3.05, 3.63) is 0 Å². The zero-order valence-electron chi connectivity index (χ0n) is 8.12. The summed E-state index contributed by atoms with van der Waals surface area (Å²) in [7, 11) is 2.10. The molecule has 1 aliphatic heterocycles. The van der Waals surface area contributed by atoms with Gasteiger partial charge in [0.25, 0.3) is 0 Å². The van der Waals surface area contributed by atoms with Crippen LogP contribution in [0, 0.1) is 0 Å². The van der Waals surface area contributed by atoms with Gasteiger partial charge in [0, 0.05) is 25.7 Å². The summed E-state index contributed by atoms with van der Waals surface area (Å²) >= 11 is 0. The van der Waals surface area contributed by atoms with E-state index < -0.39 is 0 Å². The van der Waals surface area contributed by atoms with Crippen LogP contribution in [0.3, 0.4) is 0 Å². The van der Waals surface area contributed by atoms with E-state index in [-0.39, 0.29) is 6.04 Å². The van der Waals surface area contributed by atoms with Crippen molar-refractivity contribution in [2.24, 2.45) is 5.73 Å². The van der Waals surface area contributed by atoms with Crippen LogP contribution in [0.4, 0.5) is 0 Å². The molecule has 3 nitrogen and oxygen atoms in total. The van der Waals surface area contributed by atoms with Crippen LogP contribution in [0.2, 0.25) is 0 Å². The van der Waals surface area contributed by atoms with Gasteiger partial charge in [-0.25, -0.2) is 0 Å². The van der Waals surface area contributed by atoms with Crippen LogP contribution in [0.25, 0.3) is 0 Å². The molecule has 0 aromatic carbocycles. The van der Waals surface area contributed by atoms with Crippen molar-refractivity contribution < 1.29 is 4.74 Å². The van der Waals surface area contributed by atoms with Crippen molar-refractivity contribution in [1.82, 2.24) is 4.90 Å². The van der Waals surface area contributed by atoms with E-state index in [1.54, 1.807) is 0 Å². The molecule has 0 saturated carbocycles. The lowest BCUT2D eigenvalue weighted by Gasteiger charge is -2.21. The van der Waals surface area contributed by atoms with Crippen molar-refractivity contribution in [3.8, 4) is 0 Å². The first-order valence-corrected chi connectivity index (χ1v) is 4.74. The second-order valence-electron chi connectivity index (χ2n) is 3.83. The molecule has 0 aromatic heterocycles. The molecule has 1 heterocycles. The number of nitrogens with zero attached hydrogens (tertiary/aromatic N) is 1. The zero-order chi connectivity index (χ0) is 8.97. The summed E-state index contributed by atoms with van der Waals surface area (Å²) in [5, 5.41) is 0. The average Bonchev–Trinajstić information content (AvgIpc) is 2.37. The second kappa shape index (κ2) is 4.80. The highest BCUT2D eigenvalue weighted by Gasteiger charge is 2.17.